The number of esters is 2. The van der Waals surface area contributed by atoms with Crippen LogP contribution < -0.4 is 14.8 Å². The van der Waals surface area contributed by atoms with Crippen molar-refractivity contribution in [2.45, 2.75) is 44.9 Å². The molecule has 208 valence electrons. The molecule has 1 atom stereocenters. The number of hydrogen-bond acceptors (Lipinski definition) is 9. The highest BCUT2D eigenvalue weighted by atomic mass is 32.1. The molecule has 1 N–H and O–H groups in total. The normalized spacial score (nSPS) is 15.2. The summed E-state index contributed by atoms with van der Waals surface area (Å²) in [6.07, 6.45) is 2.00. The van der Waals surface area contributed by atoms with E-state index >= 15 is 0 Å². The van der Waals surface area contributed by atoms with Crippen molar-refractivity contribution < 1.29 is 38.1 Å². The van der Waals surface area contributed by atoms with Crippen molar-refractivity contribution in [3.05, 3.63) is 75.7 Å². The summed E-state index contributed by atoms with van der Waals surface area (Å²) >= 11 is 1.38. The van der Waals surface area contributed by atoms with E-state index in [0.717, 1.165) is 23.3 Å². The lowest BCUT2D eigenvalue weighted by molar-refractivity contribution is -0.143. The number of hydrogen-bond donors (Lipinski definition) is 1. The zero-order valence-electron chi connectivity index (χ0n) is 22.0. The fourth-order valence-corrected chi connectivity index (χ4v) is 6.21. The molecule has 0 radical (unpaired) electrons. The van der Waals surface area contributed by atoms with Gasteiger partial charge in [-0.05, 0) is 61.4 Å². The van der Waals surface area contributed by atoms with Gasteiger partial charge in [0.1, 0.15) is 5.00 Å². The lowest BCUT2D eigenvalue weighted by atomic mass is 9.83. The molecule has 1 aromatic heterocycles. The molecule has 2 heterocycles. The summed E-state index contributed by atoms with van der Waals surface area (Å²) in [5.41, 5.74) is 2.91. The van der Waals surface area contributed by atoms with Crippen LogP contribution >= 0.6 is 11.3 Å². The standard InChI is InChI=1S/C30H29NO8S/c1-2-36-30(35)28-21-10-8-19(18-6-4-3-5-7-18)15-25(21)40-29(28)31-26(33)12-13-27(34)37-16-22(32)20-9-11-23-24(14-20)39-17-38-23/h3-7,9,11,14,19H,2,8,10,12-13,15-17H2,1H3,(H,31,33)/t19-/m0/s1. The molecule has 0 spiro atoms. The van der Waals surface area contributed by atoms with Crippen LogP contribution in [0.25, 0.3) is 0 Å². The molecule has 9 nitrogen and oxygen atoms in total. The first-order chi connectivity index (χ1) is 19.4. The van der Waals surface area contributed by atoms with Crippen LogP contribution in [0.4, 0.5) is 5.00 Å². The van der Waals surface area contributed by atoms with Crippen molar-refractivity contribution in [1.29, 1.82) is 0 Å². The van der Waals surface area contributed by atoms with Gasteiger partial charge in [-0.1, -0.05) is 30.3 Å². The van der Waals surface area contributed by atoms with Gasteiger partial charge in [0, 0.05) is 16.9 Å². The van der Waals surface area contributed by atoms with Crippen molar-refractivity contribution in [1.82, 2.24) is 0 Å². The second kappa shape index (κ2) is 12.3. The van der Waals surface area contributed by atoms with E-state index < -0.39 is 30.2 Å². The number of amides is 1. The van der Waals surface area contributed by atoms with Crippen LogP contribution in [0.15, 0.2) is 48.5 Å². The number of anilines is 1. The molecule has 10 heteroatoms. The van der Waals surface area contributed by atoms with Crippen molar-refractivity contribution in [2.75, 3.05) is 25.3 Å². The minimum absolute atomic E-state index is 0.0909. The third kappa shape index (κ3) is 6.17. The predicted octanol–water partition coefficient (Wildman–Crippen LogP) is 5.07. The van der Waals surface area contributed by atoms with Gasteiger partial charge in [-0.2, -0.15) is 0 Å². The molecule has 1 aliphatic carbocycles. The van der Waals surface area contributed by atoms with Gasteiger partial charge in [0.05, 0.1) is 18.6 Å². The third-order valence-corrected chi connectivity index (χ3v) is 8.05. The zero-order chi connectivity index (χ0) is 28.1. The Balaban J connectivity index is 1.17. The van der Waals surface area contributed by atoms with Crippen LogP contribution in [0, 0.1) is 0 Å². The molecular formula is C30H29NO8S. The third-order valence-electron chi connectivity index (χ3n) is 6.88. The molecule has 0 unspecified atom stereocenters. The lowest BCUT2D eigenvalue weighted by Crippen LogP contribution is -2.19. The number of nitrogens with one attached hydrogen (secondary N) is 1. The molecule has 5 rings (SSSR count). The molecule has 3 aromatic rings. The van der Waals surface area contributed by atoms with Gasteiger partial charge in [-0.25, -0.2) is 4.79 Å². The molecule has 1 amide bonds. The largest absolute Gasteiger partial charge is 0.462 e. The van der Waals surface area contributed by atoms with E-state index in [0.29, 0.717) is 40.0 Å². The Bertz CT molecular complexity index is 1430. The van der Waals surface area contributed by atoms with Gasteiger partial charge in [0.25, 0.3) is 0 Å². The topological polar surface area (TPSA) is 117 Å². The van der Waals surface area contributed by atoms with Gasteiger partial charge in [0.15, 0.2) is 23.9 Å². The number of thiophene rings is 1. The molecule has 0 bridgehead atoms. The second-order valence-electron chi connectivity index (χ2n) is 9.48. The Kier molecular flexibility index (Phi) is 8.45. The lowest BCUT2D eigenvalue weighted by Gasteiger charge is -2.23. The molecule has 0 saturated carbocycles. The number of ketones is 1. The van der Waals surface area contributed by atoms with Crippen LogP contribution in [0.2, 0.25) is 0 Å². The molecule has 40 heavy (non-hydrogen) atoms. The summed E-state index contributed by atoms with van der Waals surface area (Å²) in [4.78, 5) is 51.3. The molecule has 1 aliphatic heterocycles. The van der Waals surface area contributed by atoms with Crippen molar-refractivity contribution in [3.8, 4) is 11.5 Å². The van der Waals surface area contributed by atoms with Gasteiger partial charge in [0.2, 0.25) is 12.7 Å². The van der Waals surface area contributed by atoms with E-state index in [2.05, 4.69) is 17.4 Å². The Labute approximate surface area is 235 Å². The number of Topliss-reactive ketones (excluding diaryl/α,β-unsaturated/α-hetero) is 1. The average molecular weight is 564 g/mol. The van der Waals surface area contributed by atoms with Crippen LogP contribution in [0.1, 0.15) is 68.8 Å². The summed E-state index contributed by atoms with van der Waals surface area (Å²) in [7, 11) is 0. The number of fused-ring (bicyclic) bond motifs is 2. The highest BCUT2D eigenvalue weighted by molar-refractivity contribution is 7.17. The Morgan fingerprint density at radius 3 is 2.60 bits per heavy atom. The molecule has 0 saturated heterocycles. The number of benzene rings is 2. The van der Waals surface area contributed by atoms with Gasteiger partial charge < -0.3 is 24.3 Å². The number of ether oxygens (including phenoxy) is 4. The van der Waals surface area contributed by atoms with Gasteiger partial charge in [-0.3, -0.25) is 14.4 Å². The highest BCUT2D eigenvalue weighted by Gasteiger charge is 2.31. The SMILES string of the molecule is CCOC(=O)c1c(NC(=O)CCC(=O)OCC(=O)c2ccc3c(c2)OCO3)sc2c1CC[C@H](c1ccccc1)C2. The maximum atomic E-state index is 12.8. The van der Waals surface area contributed by atoms with Crippen LogP contribution in [-0.2, 0) is 31.9 Å². The van der Waals surface area contributed by atoms with E-state index in [4.69, 9.17) is 18.9 Å². The second-order valence-corrected chi connectivity index (χ2v) is 10.6. The summed E-state index contributed by atoms with van der Waals surface area (Å²) in [6.45, 7) is 1.60. The minimum atomic E-state index is -0.675. The molecule has 2 aromatic carbocycles. The van der Waals surface area contributed by atoms with Crippen LogP contribution in [0.3, 0.4) is 0 Å². The van der Waals surface area contributed by atoms with Crippen molar-refractivity contribution >= 4 is 40.0 Å². The average Bonchev–Trinajstić information content (AvgIpc) is 3.58. The maximum Gasteiger partial charge on any atom is 0.341 e. The smallest absolute Gasteiger partial charge is 0.341 e. The van der Waals surface area contributed by atoms with Crippen molar-refractivity contribution in [3.63, 3.8) is 0 Å². The minimum Gasteiger partial charge on any atom is -0.462 e. The fourth-order valence-electron chi connectivity index (χ4n) is 4.88. The summed E-state index contributed by atoms with van der Waals surface area (Å²) in [6, 6.07) is 15.0. The summed E-state index contributed by atoms with van der Waals surface area (Å²) in [5, 5.41) is 3.25. The summed E-state index contributed by atoms with van der Waals surface area (Å²) < 4.78 is 20.9. The summed E-state index contributed by atoms with van der Waals surface area (Å²) in [5.74, 6) is -0.617. The van der Waals surface area contributed by atoms with E-state index in [1.807, 2.05) is 18.2 Å². The predicted molar refractivity (Wildman–Crippen MR) is 147 cm³/mol. The van der Waals surface area contributed by atoms with Gasteiger partial charge >= 0.3 is 11.9 Å². The fraction of sp³-hybridized carbons (Fsp3) is 0.333. The van der Waals surface area contributed by atoms with Gasteiger partial charge in [-0.15, -0.1) is 11.3 Å². The van der Waals surface area contributed by atoms with E-state index in [1.165, 1.54) is 23.0 Å². The molecule has 0 fully saturated rings. The van der Waals surface area contributed by atoms with E-state index in [-0.39, 0.29) is 26.2 Å². The van der Waals surface area contributed by atoms with E-state index in [9.17, 15) is 19.2 Å². The van der Waals surface area contributed by atoms with Crippen LogP contribution in [0.5, 0.6) is 11.5 Å². The Morgan fingerprint density at radius 2 is 1.80 bits per heavy atom. The zero-order valence-corrected chi connectivity index (χ0v) is 22.8. The Morgan fingerprint density at radius 1 is 1.00 bits per heavy atom. The molecular weight excluding hydrogens is 534 g/mol. The molecule has 2 aliphatic rings. The monoisotopic (exact) mass is 563 g/mol. The maximum absolute atomic E-state index is 12.8. The first kappa shape index (κ1) is 27.4. The first-order valence-electron chi connectivity index (χ1n) is 13.2. The number of carbonyl (C=O) groups is 4. The Hall–Kier alpha value is -4.18. The quantitative estimate of drug-likeness (QED) is 0.268. The first-order valence-corrected chi connectivity index (χ1v) is 14.0. The van der Waals surface area contributed by atoms with Crippen molar-refractivity contribution in [2.24, 2.45) is 0 Å². The van der Waals surface area contributed by atoms with E-state index in [1.54, 1.807) is 19.1 Å². The highest BCUT2D eigenvalue weighted by Crippen LogP contribution is 2.43. The number of carbonyl (C=O) groups excluding carboxylic acids is 4. The van der Waals surface area contributed by atoms with Crippen LogP contribution in [-0.4, -0.2) is 43.6 Å². The number of rotatable bonds is 10.